The van der Waals surface area contributed by atoms with Crippen molar-refractivity contribution in [2.75, 3.05) is 11.9 Å². The molecule has 0 fully saturated rings. The van der Waals surface area contributed by atoms with Gasteiger partial charge in [0.2, 0.25) is 5.91 Å². The van der Waals surface area contributed by atoms with Crippen LogP contribution in [0.3, 0.4) is 0 Å². The highest BCUT2D eigenvalue weighted by Crippen LogP contribution is 2.36. The molecule has 1 amide bonds. The molecule has 1 N–H and O–H groups in total. The zero-order chi connectivity index (χ0) is 20.8. The quantitative estimate of drug-likeness (QED) is 0.428. The number of hydrogen-bond donors (Lipinski definition) is 1. The second kappa shape index (κ2) is 9.25. The van der Waals surface area contributed by atoms with E-state index in [2.05, 4.69) is 5.32 Å². The van der Waals surface area contributed by atoms with Gasteiger partial charge in [0, 0.05) is 17.0 Å². The highest BCUT2D eigenvalue weighted by Gasteiger charge is 2.22. The SMILES string of the molecule is CCOC(=O)c1c(-c2ccc(F)cc2)csc1NC(=O)/C=C/c1ccc(F)cc1. The topological polar surface area (TPSA) is 55.4 Å². The second-order valence-corrected chi connectivity index (χ2v) is 6.83. The molecule has 0 aliphatic heterocycles. The number of carbonyl (C=O) groups excluding carboxylic acids is 2. The Kier molecular flexibility index (Phi) is 6.51. The highest BCUT2D eigenvalue weighted by atomic mass is 32.1. The minimum Gasteiger partial charge on any atom is -0.462 e. The van der Waals surface area contributed by atoms with Crippen molar-refractivity contribution in [3.8, 4) is 11.1 Å². The predicted molar refractivity (Wildman–Crippen MR) is 110 cm³/mol. The lowest BCUT2D eigenvalue weighted by atomic mass is 10.0. The van der Waals surface area contributed by atoms with E-state index in [1.54, 1.807) is 36.6 Å². The molecule has 0 saturated heterocycles. The van der Waals surface area contributed by atoms with Crippen molar-refractivity contribution in [1.29, 1.82) is 0 Å². The van der Waals surface area contributed by atoms with Gasteiger partial charge in [0.15, 0.2) is 0 Å². The third kappa shape index (κ3) is 5.14. The lowest BCUT2D eigenvalue weighted by Crippen LogP contribution is -2.12. The van der Waals surface area contributed by atoms with Crippen LogP contribution in [0.1, 0.15) is 22.8 Å². The first kappa shape index (κ1) is 20.4. The molecule has 0 unspecified atom stereocenters. The van der Waals surface area contributed by atoms with Crippen LogP contribution in [-0.4, -0.2) is 18.5 Å². The van der Waals surface area contributed by atoms with Gasteiger partial charge in [0.05, 0.1) is 6.61 Å². The maximum absolute atomic E-state index is 13.2. The number of halogens is 2. The molecule has 0 atom stereocenters. The number of rotatable bonds is 6. The number of anilines is 1. The van der Waals surface area contributed by atoms with Gasteiger partial charge in [-0.15, -0.1) is 11.3 Å². The number of benzene rings is 2. The standard InChI is InChI=1S/C22H17F2NO3S/c1-2-28-22(27)20-18(15-6-10-17(24)11-7-15)13-29-21(20)25-19(26)12-5-14-3-8-16(23)9-4-14/h3-13H,2H2,1H3,(H,25,26)/b12-5+. The fourth-order valence-corrected chi connectivity index (χ4v) is 3.56. The lowest BCUT2D eigenvalue weighted by Gasteiger charge is -2.08. The van der Waals surface area contributed by atoms with Crippen molar-refractivity contribution in [3.63, 3.8) is 0 Å². The first-order valence-corrected chi connectivity index (χ1v) is 9.65. The van der Waals surface area contributed by atoms with Crippen molar-refractivity contribution >= 4 is 34.3 Å². The molecule has 4 nitrogen and oxygen atoms in total. The van der Waals surface area contributed by atoms with Crippen LogP contribution in [0.25, 0.3) is 17.2 Å². The fourth-order valence-electron chi connectivity index (χ4n) is 2.60. The zero-order valence-corrected chi connectivity index (χ0v) is 16.3. The first-order chi connectivity index (χ1) is 14.0. The molecule has 7 heteroatoms. The molecule has 0 saturated carbocycles. The molecule has 0 bridgehead atoms. The van der Waals surface area contributed by atoms with Gasteiger partial charge in [0.25, 0.3) is 0 Å². The number of ether oxygens (including phenoxy) is 1. The Bertz CT molecular complexity index is 1040. The first-order valence-electron chi connectivity index (χ1n) is 8.77. The van der Waals surface area contributed by atoms with Crippen LogP contribution >= 0.6 is 11.3 Å². The molecule has 1 heterocycles. The van der Waals surface area contributed by atoms with E-state index < -0.39 is 11.9 Å². The molecule has 0 spiro atoms. The highest BCUT2D eigenvalue weighted by molar-refractivity contribution is 7.15. The summed E-state index contributed by atoms with van der Waals surface area (Å²) in [6.07, 6.45) is 2.83. The molecule has 0 aliphatic rings. The second-order valence-electron chi connectivity index (χ2n) is 5.96. The van der Waals surface area contributed by atoms with Crippen molar-refractivity contribution in [3.05, 3.63) is 82.7 Å². The Morgan fingerprint density at radius 2 is 1.66 bits per heavy atom. The summed E-state index contributed by atoms with van der Waals surface area (Å²) in [5, 5.41) is 4.71. The maximum atomic E-state index is 13.2. The van der Waals surface area contributed by atoms with Crippen LogP contribution in [0.15, 0.2) is 60.0 Å². The van der Waals surface area contributed by atoms with Crippen molar-refractivity contribution in [1.82, 2.24) is 0 Å². The van der Waals surface area contributed by atoms with Crippen LogP contribution in [-0.2, 0) is 9.53 Å². The van der Waals surface area contributed by atoms with E-state index in [0.717, 1.165) is 0 Å². The minimum absolute atomic E-state index is 0.176. The summed E-state index contributed by atoms with van der Waals surface area (Å²) in [7, 11) is 0. The number of nitrogens with one attached hydrogen (secondary N) is 1. The van der Waals surface area contributed by atoms with Gasteiger partial charge in [-0.2, -0.15) is 0 Å². The maximum Gasteiger partial charge on any atom is 0.341 e. The van der Waals surface area contributed by atoms with Gasteiger partial charge in [-0.1, -0.05) is 24.3 Å². The van der Waals surface area contributed by atoms with Crippen LogP contribution in [0.2, 0.25) is 0 Å². The summed E-state index contributed by atoms with van der Waals surface area (Å²) in [5.74, 6) is -1.78. The summed E-state index contributed by atoms with van der Waals surface area (Å²) in [4.78, 5) is 24.8. The fraction of sp³-hybridized carbons (Fsp3) is 0.0909. The van der Waals surface area contributed by atoms with Gasteiger partial charge in [-0.05, 0) is 48.4 Å². The molecule has 29 heavy (non-hydrogen) atoms. The molecule has 0 aliphatic carbocycles. The predicted octanol–water partition coefficient (Wildman–Crippen LogP) is 5.52. The van der Waals surface area contributed by atoms with E-state index in [1.807, 2.05) is 0 Å². The molecule has 1 aromatic heterocycles. The summed E-state index contributed by atoms with van der Waals surface area (Å²) in [6.45, 7) is 1.86. The zero-order valence-electron chi connectivity index (χ0n) is 15.4. The molecule has 0 radical (unpaired) electrons. The molecule has 148 valence electrons. The van der Waals surface area contributed by atoms with E-state index in [0.29, 0.717) is 21.7 Å². The van der Waals surface area contributed by atoms with Crippen LogP contribution in [0.4, 0.5) is 13.8 Å². The van der Waals surface area contributed by atoms with E-state index in [4.69, 9.17) is 4.74 Å². The summed E-state index contributed by atoms with van der Waals surface area (Å²) >= 11 is 1.17. The number of hydrogen-bond acceptors (Lipinski definition) is 4. The normalized spacial score (nSPS) is 10.9. The van der Waals surface area contributed by atoms with Crippen molar-refractivity contribution in [2.45, 2.75) is 6.92 Å². The number of esters is 1. The molecule has 3 aromatic rings. The Hall–Kier alpha value is -3.32. The van der Waals surface area contributed by atoms with Crippen molar-refractivity contribution < 1.29 is 23.1 Å². The Morgan fingerprint density at radius 1 is 1.03 bits per heavy atom. The Labute approximate surface area is 170 Å². The largest absolute Gasteiger partial charge is 0.462 e. The van der Waals surface area contributed by atoms with Crippen molar-refractivity contribution in [2.24, 2.45) is 0 Å². The van der Waals surface area contributed by atoms with Gasteiger partial charge in [-0.3, -0.25) is 4.79 Å². The molecule has 2 aromatic carbocycles. The van der Waals surface area contributed by atoms with E-state index in [9.17, 15) is 18.4 Å². The lowest BCUT2D eigenvalue weighted by molar-refractivity contribution is -0.111. The molecular weight excluding hydrogens is 396 g/mol. The third-order valence-corrected chi connectivity index (χ3v) is 4.86. The minimum atomic E-state index is -0.578. The number of thiophene rings is 1. The van der Waals surface area contributed by atoms with Crippen LogP contribution in [0.5, 0.6) is 0 Å². The summed E-state index contributed by atoms with van der Waals surface area (Å²) in [5.41, 5.74) is 2.05. The monoisotopic (exact) mass is 413 g/mol. The van der Waals surface area contributed by atoms with Gasteiger partial charge >= 0.3 is 5.97 Å². The van der Waals surface area contributed by atoms with Crippen LogP contribution in [0, 0.1) is 11.6 Å². The Morgan fingerprint density at radius 3 is 2.28 bits per heavy atom. The summed E-state index contributed by atoms with van der Waals surface area (Å²) in [6, 6.07) is 11.4. The van der Waals surface area contributed by atoms with Gasteiger partial charge in [0.1, 0.15) is 22.2 Å². The Balaban J connectivity index is 1.86. The smallest absolute Gasteiger partial charge is 0.341 e. The molecular formula is C22H17F2NO3S. The van der Waals surface area contributed by atoms with Gasteiger partial charge < -0.3 is 10.1 Å². The molecule has 3 rings (SSSR count). The average Bonchev–Trinajstić information content (AvgIpc) is 3.12. The summed E-state index contributed by atoms with van der Waals surface area (Å²) < 4.78 is 31.3. The number of carbonyl (C=O) groups is 2. The average molecular weight is 413 g/mol. The van der Waals surface area contributed by atoms with E-state index in [-0.39, 0.29) is 23.8 Å². The van der Waals surface area contributed by atoms with Crippen LogP contribution < -0.4 is 5.32 Å². The number of amides is 1. The van der Waals surface area contributed by atoms with Gasteiger partial charge in [-0.25, -0.2) is 13.6 Å². The van der Waals surface area contributed by atoms with E-state index in [1.165, 1.54) is 47.8 Å². The van der Waals surface area contributed by atoms with E-state index >= 15 is 0 Å². The third-order valence-electron chi connectivity index (χ3n) is 3.96.